The van der Waals surface area contributed by atoms with Crippen LogP contribution in [0.5, 0.6) is 0 Å². The summed E-state index contributed by atoms with van der Waals surface area (Å²) in [6.45, 7) is 3.92. The highest BCUT2D eigenvalue weighted by Crippen LogP contribution is 2.32. The molecule has 6 N–H and O–H groups in total. The summed E-state index contributed by atoms with van der Waals surface area (Å²) >= 11 is 12.2. The molecule has 0 aliphatic rings. The molecule has 1 amide bonds. The molecule has 0 radical (unpaired) electrons. The van der Waals surface area contributed by atoms with Crippen LogP contribution in [0.1, 0.15) is 27.0 Å². The minimum absolute atomic E-state index is 0.338. The van der Waals surface area contributed by atoms with Gasteiger partial charge in [0.15, 0.2) is 0 Å². The average molecular weight is 638 g/mol. The molecule has 0 bridgehead atoms. The predicted molar refractivity (Wildman–Crippen MR) is 175 cm³/mol. The summed E-state index contributed by atoms with van der Waals surface area (Å²) in [6, 6.07) is 16.6. The van der Waals surface area contributed by atoms with Crippen molar-refractivity contribution in [3.05, 3.63) is 118 Å². The van der Waals surface area contributed by atoms with Crippen molar-refractivity contribution in [2.75, 3.05) is 11.5 Å². The van der Waals surface area contributed by atoms with Crippen molar-refractivity contribution >= 4 is 40.7 Å². The molecule has 2 aromatic carbocycles. The quantitative estimate of drug-likeness (QED) is 0.208. The minimum atomic E-state index is -0.528. The molecule has 0 fully saturated rings. The largest absolute Gasteiger partial charge is 0.384 e. The zero-order valence-electron chi connectivity index (χ0n) is 24.1. The molecule has 0 saturated carbocycles. The maximum atomic E-state index is 11.8. The lowest BCUT2D eigenvalue weighted by molar-refractivity contribution is 0.100. The average Bonchev–Trinajstić information content (AvgIpc) is 3.66. The van der Waals surface area contributed by atoms with Crippen LogP contribution < -0.4 is 17.2 Å². The summed E-state index contributed by atoms with van der Waals surface area (Å²) in [5.41, 5.74) is 23.1. The zero-order valence-corrected chi connectivity index (χ0v) is 25.6. The van der Waals surface area contributed by atoms with E-state index in [1.807, 2.05) is 44.3 Å². The summed E-state index contributed by atoms with van der Waals surface area (Å²) in [5, 5.41) is 10.6. The molecule has 0 atom stereocenters. The molecule has 0 aliphatic carbocycles. The first-order chi connectivity index (χ1) is 21.5. The monoisotopic (exact) mass is 636 g/mol. The first-order valence-electron chi connectivity index (χ1n) is 13.4. The van der Waals surface area contributed by atoms with Crippen LogP contribution in [0, 0.1) is 25.2 Å². The molecule has 0 unspecified atom stereocenters. The van der Waals surface area contributed by atoms with Crippen LogP contribution in [0.2, 0.25) is 10.0 Å². The first kappa shape index (κ1) is 30.7. The maximum Gasteiger partial charge on any atom is 0.250 e. The fraction of sp³-hybridized carbons (Fsp3) is 0.0625. The van der Waals surface area contributed by atoms with Gasteiger partial charge >= 0.3 is 0 Å². The number of carbonyl (C=O) groups is 1. The van der Waals surface area contributed by atoms with Crippen LogP contribution in [-0.2, 0) is 0 Å². The summed E-state index contributed by atoms with van der Waals surface area (Å²) < 4.78 is 3.44. The van der Waals surface area contributed by atoms with Crippen molar-refractivity contribution < 1.29 is 4.79 Å². The Morgan fingerprint density at radius 2 is 1.20 bits per heavy atom. The fourth-order valence-corrected chi connectivity index (χ4v) is 5.01. The van der Waals surface area contributed by atoms with Gasteiger partial charge in [-0.25, -0.2) is 19.9 Å². The predicted octanol–water partition coefficient (Wildman–Crippen LogP) is 5.93. The van der Waals surface area contributed by atoms with Gasteiger partial charge in [0.05, 0.1) is 11.1 Å². The number of hydrogen-bond acceptors (Lipinski definition) is 8. The summed E-state index contributed by atoms with van der Waals surface area (Å²) in [4.78, 5) is 27.9. The molecule has 4 heterocycles. The number of benzene rings is 2. The number of halogens is 2. The molecule has 6 aromatic rings. The molecule has 11 nitrogen and oxygen atoms in total. The lowest BCUT2D eigenvalue weighted by atomic mass is 10.00. The maximum absolute atomic E-state index is 11.8. The van der Waals surface area contributed by atoms with Crippen molar-refractivity contribution in [3.63, 3.8) is 0 Å². The number of nitrogen functional groups attached to an aromatic ring is 2. The van der Waals surface area contributed by atoms with Gasteiger partial charge in [-0.05, 0) is 60.4 Å². The van der Waals surface area contributed by atoms with E-state index in [2.05, 4.69) is 26.0 Å². The number of nitrogens with two attached hydrogens (primary N) is 3. The number of nitrogens with zero attached hydrogens (tertiary/aromatic N) is 7. The van der Waals surface area contributed by atoms with Gasteiger partial charge in [-0.15, -0.1) is 0 Å². The van der Waals surface area contributed by atoms with Gasteiger partial charge in [-0.3, -0.25) is 4.79 Å². The van der Waals surface area contributed by atoms with Crippen LogP contribution >= 0.6 is 23.2 Å². The standard InChI is InChI=1S/C16H14ClN5O.C16H12ClN5/c1-9-2-3-10(17)4-11(9)12-6-22(7-13(12)16(19)23)15-5-14(18)20-8-21-15;1-10-2-3-12(17)4-13(10)14-8-22(7-11(14)6-18)16-5-15(19)20-9-21-16/h2-8H,1H3,(H2,19,23)(H2,18,20,21);2-5,7-9H,1H3,(H2,19,20,21). The van der Waals surface area contributed by atoms with E-state index in [9.17, 15) is 10.1 Å². The highest BCUT2D eigenvalue weighted by atomic mass is 35.5. The van der Waals surface area contributed by atoms with Crippen molar-refractivity contribution in [2.24, 2.45) is 5.73 Å². The van der Waals surface area contributed by atoms with Gasteiger partial charge in [0.1, 0.15) is 42.0 Å². The van der Waals surface area contributed by atoms with Crippen molar-refractivity contribution in [2.45, 2.75) is 13.8 Å². The van der Waals surface area contributed by atoms with Crippen molar-refractivity contribution in [1.29, 1.82) is 5.26 Å². The molecule has 45 heavy (non-hydrogen) atoms. The first-order valence-corrected chi connectivity index (χ1v) is 14.1. The summed E-state index contributed by atoms with van der Waals surface area (Å²) in [7, 11) is 0. The third-order valence-electron chi connectivity index (χ3n) is 6.90. The highest BCUT2D eigenvalue weighted by molar-refractivity contribution is 6.31. The highest BCUT2D eigenvalue weighted by Gasteiger charge is 2.17. The number of aromatic nitrogens is 6. The molecule has 0 saturated heterocycles. The molecule has 4 aromatic heterocycles. The van der Waals surface area contributed by atoms with Crippen LogP contribution in [0.4, 0.5) is 11.6 Å². The van der Waals surface area contributed by atoms with Gasteiger partial charge in [0, 0.05) is 58.1 Å². The fourth-order valence-electron chi connectivity index (χ4n) is 4.66. The number of amides is 1. The Labute approximate surface area is 268 Å². The van der Waals surface area contributed by atoms with E-state index >= 15 is 0 Å². The smallest absolute Gasteiger partial charge is 0.250 e. The Bertz CT molecular complexity index is 2090. The number of nitriles is 1. The third kappa shape index (κ3) is 6.78. The van der Waals surface area contributed by atoms with E-state index in [4.69, 9.17) is 40.4 Å². The normalized spacial score (nSPS) is 10.6. The number of aryl methyl sites for hydroxylation is 2. The second-order valence-electron chi connectivity index (χ2n) is 9.98. The molecule has 13 heteroatoms. The van der Waals surface area contributed by atoms with Crippen LogP contribution in [-0.4, -0.2) is 35.0 Å². The second kappa shape index (κ2) is 12.9. The van der Waals surface area contributed by atoms with Gasteiger partial charge in [0.2, 0.25) is 0 Å². The number of primary amides is 1. The Hall–Kier alpha value is -5.70. The second-order valence-corrected chi connectivity index (χ2v) is 10.9. The van der Waals surface area contributed by atoms with E-state index < -0.39 is 5.91 Å². The van der Waals surface area contributed by atoms with Crippen LogP contribution in [0.25, 0.3) is 33.9 Å². The van der Waals surface area contributed by atoms with Crippen LogP contribution in [0.15, 0.2) is 86.0 Å². The van der Waals surface area contributed by atoms with E-state index in [1.54, 1.807) is 52.0 Å². The van der Waals surface area contributed by atoms with E-state index in [-0.39, 0.29) is 0 Å². The minimum Gasteiger partial charge on any atom is -0.384 e. The Morgan fingerprint density at radius 1 is 0.711 bits per heavy atom. The molecule has 0 spiro atoms. The lowest BCUT2D eigenvalue weighted by Gasteiger charge is -2.06. The number of hydrogen-bond donors (Lipinski definition) is 3. The van der Waals surface area contributed by atoms with Gasteiger partial charge in [0.25, 0.3) is 5.91 Å². The third-order valence-corrected chi connectivity index (χ3v) is 7.37. The molecule has 224 valence electrons. The lowest BCUT2D eigenvalue weighted by Crippen LogP contribution is -2.11. The van der Waals surface area contributed by atoms with Gasteiger partial charge in [-0.2, -0.15) is 5.26 Å². The Kier molecular flexibility index (Phi) is 8.81. The Morgan fingerprint density at radius 3 is 1.69 bits per heavy atom. The van der Waals surface area contributed by atoms with Gasteiger partial charge in [-0.1, -0.05) is 35.3 Å². The van der Waals surface area contributed by atoms with Gasteiger partial charge < -0.3 is 26.3 Å². The van der Waals surface area contributed by atoms with Crippen molar-refractivity contribution in [3.8, 4) is 40.0 Å². The number of anilines is 2. The topological polar surface area (TPSA) is 180 Å². The van der Waals surface area contributed by atoms with Crippen molar-refractivity contribution in [1.82, 2.24) is 29.1 Å². The number of rotatable bonds is 5. The number of carbonyl (C=O) groups excluding carboxylic acids is 1. The molecular weight excluding hydrogens is 611 g/mol. The molecular formula is C32H26Cl2N10O. The van der Waals surface area contributed by atoms with E-state index in [0.29, 0.717) is 50.0 Å². The SMILES string of the molecule is Cc1ccc(Cl)cc1-c1cn(-c2cc(N)ncn2)cc1C#N.Cc1ccc(Cl)cc1-c1cn(-c2cc(N)ncn2)cc1C(N)=O. The zero-order chi connectivity index (χ0) is 32.2. The van der Waals surface area contributed by atoms with E-state index in [1.165, 1.54) is 12.7 Å². The van der Waals surface area contributed by atoms with Crippen LogP contribution in [0.3, 0.4) is 0 Å². The molecule has 6 rings (SSSR count). The van der Waals surface area contributed by atoms with E-state index in [0.717, 1.165) is 27.8 Å². The summed E-state index contributed by atoms with van der Waals surface area (Å²) in [6.07, 6.45) is 9.72. The molecule has 0 aliphatic heterocycles. The summed E-state index contributed by atoms with van der Waals surface area (Å²) in [5.74, 6) is 1.34. The Balaban J connectivity index is 0.000000178.